The SMILES string of the molecule is COC(=O)c1n[nH]c2ccc(-c3cnn(CCO)c3)cc12. The van der Waals surface area contributed by atoms with Gasteiger partial charge in [-0.1, -0.05) is 6.07 Å². The van der Waals surface area contributed by atoms with Gasteiger partial charge in [0.25, 0.3) is 0 Å². The van der Waals surface area contributed by atoms with Gasteiger partial charge in [0, 0.05) is 17.1 Å². The van der Waals surface area contributed by atoms with E-state index in [0.29, 0.717) is 11.9 Å². The van der Waals surface area contributed by atoms with E-state index in [0.717, 1.165) is 16.6 Å². The maximum absolute atomic E-state index is 11.7. The normalized spacial score (nSPS) is 11.0. The van der Waals surface area contributed by atoms with Crippen LogP contribution in [0, 0.1) is 0 Å². The maximum atomic E-state index is 11.7. The van der Waals surface area contributed by atoms with Crippen LogP contribution in [0.25, 0.3) is 22.0 Å². The molecule has 0 atom stereocenters. The van der Waals surface area contributed by atoms with Crippen LogP contribution in [0.3, 0.4) is 0 Å². The number of carbonyl (C=O) groups excluding carboxylic acids is 1. The second-order valence-electron chi connectivity index (χ2n) is 4.54. The first-order valence-corrected chi connectivity index (χ1v) is 6.43. The molecule has 108 valence electrons. The van der Waals surface area contributed by atoms with Crippen molar-refractivity contribution in [1.29, 1.82) is 0 Å². The van der Waals surface area contributed by atoms with Crippen molar-refractivity contribution >= 4 is 16.9 Å². The highest BCUT2D eigenvalue weighted by Crippen LogP contribution is 2.25. The van der Waals surface area contributed by atoms with E-state index < -0.39 is 5.97 Å². The molecule has 1 aromatic carbocycles. The molecule has 3 rings (SSSR count). The molecule has 0 saturated carbocycles. The lowest BCUT2D eigenvalue weighted by atomic mass is 10.1. The van der Waals surface area contributed by atoms with E-state index in [1.807, 2.05) is 24.4 Å². The number of ether oxygens (including phenoxy) is 1. The average Bonchev–Trinajstić information content (AvgIpc) is 3.12. The predicted octanol–water partition coefficient (Wildman–Crippen LogP) is 1.21. The minimum atomic E-state index is -0.477. The Bertz CT molecular complexity index is 790. The number of nitrogens with zero attached hydrogens (tertiary/aromatic N) is 3. The summed E-state index contributed by atoms with van der Waals surface area (Å²) in [6, 6.07) is 5.64. The summed E-state index contributed by atoms with van der Waals surface area (Å²) in [6.45, 7) is 0.482. The first-order chi connectivity index (χ1) is 10.2. The summed E-state index contributed by atoms with van der Waals surface area (Å²) in [6.07, 6.45) is 3.56. The molecule has 0 fully saturated rings. The number of hydrogen-bond donors (Lipinski definition) is 2. The van der Waals surface area contributed by atoms with Gasteiger partial charge >= 0.3 is 5.97 Å². The Balaban J connectivity index is 2.04. The molecule has 0 bridgehead atoms. The number of carbonyl (C=O) groups is 1. The van der Waals surface area contributed by atoms with Crippen LogP contribution < -0.4 is 0 Å². The summed E-state index contributed by atoms with van der Waals surface area (Å²) in [7, 11) is 1.33. The molecule has 0 radical (unpaired) electrons. The number of aliphatic hydroxyl groups excluding tert-OH is 1. The largest absolute Gasteiger partial charge is 0.464 e. The lowest BCUT2D eigenvalue weighted by molar-refractivity contribution is 0.0596. The van der Waals surface area contributed by atoms with Crippen molar-refractivity contribution in [3.8, 4) is 11.1 Å². The van der Waals surface area contributed by atoms with E-state index in [2.05, 4.69) is 15.3 Å². The van der Waals surface area contributed by atoms with E-state index in [4.69, 9.17) is 9.84 Å². The Morgan fingerprint density at radius 2 is 2.29 bits per heavy atom. The molecule has 0 spiro atoms. The van der Waals surface area contributed by atoms with Gasteiger partial charge in [0.1, 0.15) is 0 Å². The molecule has 7 heteroatoms. The van der Waals surface area contributed by atoms with Crippen molar-refractivity contribution in [2.24, 2.45) is 0 Å². The molecule has 0 amide bonds. The number of esters is 1. The monoisotopic (exact) mass is 286 g/mol. The molecule has 0 aliphatic heterocycles. The zero-order valence-corrected chi connectivity index (χ0v) is 11.4. The van der Waals surface area contributed by atoms with Gasteiger partial charge in [-0.05, 0) is 17.7 Å². The molecule has 0 saturated heterocycles. The standard InChI is InChI=1S/C14H14N4O3/c1-21-14(20)13-11-6-9(2-3-12(11)16-17-13)10-7-15-18(8-10)4-5-19/h2-3,6-8,19H,4-5H2,1H3,(H,16,17). The Morgan fingerprint density at radius 1 is 1.43 bits per heavy atom. The lowest BCUT2D eigenvalue weighted by Crippen LogP contribution is -2.02. The van der Waals surface area contributed by atoms with Crippen molar-refractivity contribution in [1.82, 2.24) is 20.0 Å². The fourth-order valence-electron chi connectivity index (χ4n) is 2.18. The number of hydrogen-bond acceptors (Lipinski definition) is 5. The highest BCUT2D eigenvalue weighted by atomic mass is 16.5. The van der Waals surface area contributed by atoms with Gasteiger partial charge in [-0.2, -0.15) is 10.2 Å². The zero-order valence-electron chi connectivity index (χ0n) is 11.4. The first kappa shape index (κ1) is 13.3. The third kappa shape index (κ3) is 2.38. The third-order valence-corrected chi connectivity index (χ3v) is 3.24. The smallest absolute Gasteiger partial charge is 0.359 e. The number of aromatic amines is 1. The van der Waals surface area contributed by atoms with Gasteiger partial charge in [-0.15, -0.1) is 0 Å². The van der Waals surface area contributed by atoms with E-state index in [1.165, 1.54) is 7.11 Å². The van der Waals surface area contributed by atoms with Crippen LogP contribution in [0.2, 0.25) is 0 Å². The quantitative estimate of drug-likeness (QED) is 0.703. The summed E-state index contributed by atoms with van der Waals surface area (Å²) in [4.78, 5) is 11.7. The number of H-pyrrole nitrogens is 1. The Labute approximate surface area is 120 Å². The van der Waals surface area contributed by atoms with Crippen molar-refractivity contribution < 1.29 is 14.6 Å². The maximum Gasteiger partial charge on any atom is 0.359 e. The molecule has 2 aromatic heterocycles. The Hall–Kier alpha value is -2.67. The van der Waals surface area contributed by atoms with Crippen molar-refractivity contribution in [3.63, 3.8) is 0 Å². The lowest BCUT2D eigenvalue weighted by Gasteiger charge is -1.99. The zero-order chi connectivity index (χ0) is 14.8. The number of rotatable bonds is 4. The fraction of sp³-hybridized carbons (Fsp3) is 0.214. The molecule has 0 unspecified atom stereocenters. The van der Waals surface area contributed by atoms with E-state index in [-0.39, 0.29) is 12.3 Å². The summed E-state index contributed by atoms with van der Waals surface area (Å²) >= 11 is 0. The number of fused-ring (bicyclic) bond motifs is 1. The van der Waals surface area contributed by atoms with Gasteiger partial charge in [0.15, 0.2) is 5.69 Å². The van der Waals surface area contributed by atoms with Gasteiger partial charge in [-0.25, -0.2) is 4.79 Å². The molecule has 0 aliphatic rings. The van der Waals surface area contributed by atoms with Crippen LogP contribution in [-0.2, 0) is 11.3 Å². The average molecular weight is 286 g/mol. The highest BCUT2D eigenvalue weighted by Gasteiger charge is 2.15. The fourth-order valence-corrected chi connectivity index (χ4v) is 2.18. The summed E-state index contributed by atoms with van der Waals surface area (Å²) in [5, 5.41) is 20.6. The van der Waals surface area contributed by atoms with E-state index in [9.17, 15) is 4.79 Å². The summed E-state index contributed by atoms with van der Waals surface area (Å²) in [5.41, 5.74) is 2.85. The number of aromatic nitrogens is 4. The summed E-state index contributed by atoms with van der Waals surface area (Å²) < 4.78 is 6.38. The van der Waals surface area contributed by atoms with Gasteiger partial charge in [-0.3, -0.25) is 9.78 Å². The molecule has 2 heterocycles. The van der Waals surface area contributed by atoms with Crippen LogP contribution >= 0.6 is 0 Å². The molecular weight excluding hydrogens is 272 g/mol. The number of aliphatic hydroxyl groups is 1. The van der Waals surface area contributed by atoms with Crippen LogP contribution in [0.4, 0.5) is 0 Å². The second kappa shape index (κ2) is 5.37. The minimum Gasteiger partial charge on any atom is -0.464 e. The van der Waals surface area contributed by atoms with E-state index in [1.54, 1.807) is 10.9 Å². The molecule has 3 aromatic rings. The molecule has 21 heavy (non-hydrogen) atoms. The molecule has 7 nitrogen and oxygen atoms in total. The minimum absolute atomic E-state index is 0.0361. The summed E-state index contributed by atoms with van der Waals surface area (Å²) in [5.74, 6) is -0.477. The number of methoxy groups -OCH3 is 1. The van der Waals surface area contributed by atoms with Gasteiger partial charge in [0.05, 0.1) is 32.0 Å². The third-order valence-electron chi connectivity index (χ3n) is 3.24. The van der Waals surface area contributed by atoms with Crippen molar-refractivity contribution in [2.45, 2.75) is 6.54 Å². The first-order valence-electron chi connectivity index (χ1n) is 6.43. The highest BCUT2D eigenvalue weighted by molar-refractivity contribution is 6.03. The molecule has 0 aliphatic carbocycles. The van der Waals surface area contributed by atoms with Crippen LogP contribution in [-0.4, -0.2) is 44.8 Å². The molecular formula is C14H14N4O3. The van der Waals surface area contributed by atoms with Gasteiger partial charge < -0.3 is 9.84 Å². The number of nitrogens with one attached hydrogen (secondary N) is 1. The Kier molecular flexibility index (Phi) is 3.41. The topological polar surface area (TPSA) is 93.0 Å². The van der Waals surface area contributed by atoms with Crippen molar-refractivity contribution in [3.05, 3.63) is 36.3 Å². The van der Waals surface area contributed by atoms with Crippen LogP contribution in [0.1, 0.15) is 10.5 Å². The Morgan fingerprint density at radius 3 is 3.05 bits per heavy atom. The second-order valence-corrected chi connectivity index (χ2v) is 4.54. The molecule has 2 N–H and O–H groups in total. The number of benzene rings is 1. The van der Waals surface area contributed by atoms with Crippen molar-refractivity contribution in [2.75, 3.05) is 13.7 Å². The van der Waals surface area contributed by atoms with Crippen LogP contribution in [0.15, 0.2) is 30.6 Å². The van der Waals surface area contributed by atoms with Crippen LogP contribution in [0.5, 0.6) is 0 Å². The van der Waals surface area contributed by atoms with Gasteiger partial charge in [0.2, 0.25) is 0 Å². The van der Waals surface area contributed by atoms with E-state index >= 15 is 0 Å². The predicted molar refractivity (Wildman–Crippen MR) is 75.7 cm³/mol.